The number of thiophene rings is 1. The van der Waals surface area contributed by atoms with Crippen molar-refractivity contribution in [2.45, 2.75) is 13.0 Å². The first-order valence-corrected chi connectivity index (χ1v) is 7.22. The smallest absolute Gasteiger partial charge is 0.118 e. The van der Waals surface area contributed by atoms with Crippen LogP contribution < -0.4 is 10.0 Å². The molecule has 0 aliphatic rings. The largest absolute Gasteiger partial charge is 0.544 e. The van der Waals surface area contributed by atoms with E-state index in [4.69, 9.17) is 0 Å². The summed E-state index contributed by atoms with van der Waals surface area (Å²) in [5.41, 5.74) is 1.24. The van der Waals surface area contributed by atoms with Crippen molar-refractivity contribution in [2.75, 3.05) is 13.1 Å². The zero-order valence-corrected chi connectivity index (χ0v) is 11.5. The van der Waals surface area contributed by atoms with Gasteiger partial charge in [0, 0.05) is 6.42 Å². The number of carboxylic acids is 1. The molecule has 0 radical (unpaired) electrons. The van der Waals surface area contributed by atoms with Crippen molar-refractivity contribution in [3.8, 4) is 0 Å². The van der Waals surface area contributed by atoms with Crippen LogP contribution in [0.5, 0.6) is 0 Å². The SMILES string of the molecule is O=C([O-])C[NH+](CCc1ccccc1)Cc1cccs1. The molecule has 1 heterocycles. The summed E-state index contributed by atoms with van der Waals surface area (Å²) >= 11 is 1.67. The minimum absolute atomic E-state index is 0.0603. The molecular formula is C15H17NO2S. The molecule has 0 aliphatic carbocycles. The number of quaternary nitrogens is 1. The highest BCUT2D eigenvalue weighted by Crippen LogP contribution is 2.06. The lowest BCUT2D eigenvalue weighted by Gasteiger charge is -2.19. The number of benzene rings is 1. The summed E-state index contributed by atoms with van der Waals surface area (Å²) in [5.74, 6) is -0.986. The van der Waals surface area contributed by atoms with Crippen LogP contribution in [0.3, 0.4) is 0 Å². The highest BCUT2D eigenvalue weighted by Gasteiger charge is 2.10. The molecule has 0 saturated carbocycles. The summed E-state index contributed by atoms with van der Waals surface area (Å²) in [5, 5.41) is 12.8. The van der Waals surface area contributed by atoms with Crippen molar-refractivity contribution in [3.05, 3.63) is 58.3 Å². The quantitative estimate of drug-likeness (QED) is 0.780. The maximum Gasteiger partial charge on any atom is 0.118 e. The lowest BCUT2D eigenvalue weighted by molar-refractivity contribution is -0.907. The maximum absolute atomic E-state index is 10.8. The fourth-order valence-corrected chi connectivity index (χ4v) is 2.85. The van der Waals surface area contributed by atoms with Crippen LogP contribution in [0.15, 0.2) is 47.8 Å². The predicted octanol–water partition coefficient (Wildman–Crippen LogP) is 0.126. The van der Waals surface area contributed by atoms with Gasteiger partial charge in [-0.05, 0) is 17.0 Å². The molecule has 1 atom stereocenters. The molecule has 4 heteroatoms. The van der Waals surface area contributed by atoms with Crippen molar-refractivity contribution in [1.29, 1.82) is 0 Å². The monoisotopic (exact) mass is 275 g/mol. The molecule has 0 aliphatic heterocycles. The Labute approximate surface area is 117 Å². The molecule has 1 unspecified atom stereocenters. The van der Waals surface area contributed by atoms with E-state index in [9.17, 15) is 9.90 Å². The van der Waals surface area contributed by atoms with E-state index < -0.39 is 5.97 Å². The Bertz CT molecular complexity index is 496. The second kappa shape index (κ2) is 7.07. The standard InChI is InChI=1S/C15H17NO2S/c17-15(18)12-16(11-14-7-4-10-19-14)9-8-13-5-2-1-3-6-13/h1-7,10H,8-9,11-12H2,(H,17,18). The van der Waals surface area contributed by atoms with Crippen LogP contribution in [0.4, 0.5) is 0 Å². The Hall–Kier alpha value is -1.65. The Balaban J connectivity index is 1.92. The minimum Gasteiger partial charge on any atom is -0.544 e. The van der Waals surface area contributed by atoms with E-state index in [2.05, 4.69) is 12.1 Å². The maximum atomic E-state index is 10.8. The van der Waals surface area contributed by atoms with Gasteiger partial charge in [0.05, 0.1) is 17.4 Å². The fourth-order valence-electron chi connectivity index (χ4n) is 2.07. The van der Waals surface area contributed by atoms with Gasteiger partial charge in [-0.2, -0.15) is 0 Å². The number of nitrogens with one attached hydrogen (secondary N) is 1. The van der Waals surface area contributed by atoms with E-state index in [0.717, 1.165) is 24.4 Å². The third-order valence-corrected chi connectivity index (χ3v) is 3.89. The van der Waals surface area contributed by atoms with Crippen molar-refractivity contribution < 1.29 is 14.8 Å². The normalized spacial score (nSPS) is 12.2. The Kier molecular flexibility index (Phi) is 5.12. The Morgan fingerprint density at radius 2 is 1.95 bits per heavy atom. The molecule has 1 aromatic heterocycles. The zero-order valence-electron chi connectivity index (χ0n) is 10.7. The molecule has 1 aromatic carbocycles. The van der Waals surface area contributed by atoms with Crippen LogP contribution in [-0.2, 0) is 17.8 Å². The molecule has 0 bridgehead atoms. The summed E-state index contributed by atoms with van der Waals surface area (Å²) in [6, 6.07) is 14.2. The molecule has 0 saturated heterocycles. The van der Waals surface area contributed by atoms with Gasteiger partial charge >= 0.3 is 0 Å². The molecule has 19 heavy (non-hydrogen) atoms. The Morgan fingerprint density at radius 3 is 2.58 bits per heavy atom. The first-order valence-electron chi connectivity index (χ1n) is 6.34. The van der Waals surface area contributed by atoms with Crippen LogP contribution in [0.25, 0.3) is 0 Å². The second-order valence-corrected chi connectivity index (χ2v) is 5.57. The summed E-state index contributed by atoms with van der Waals surface area (Å²) in [6.07, 6.45) is 0.884. The van der Waals surface area contributed by atoms with Crippen molar-refractivity contribution in [2.24, 2.45) is 0 Å². The lowest BCUT2D eigenvalue weighted by Crippen LogP contribution is -3.12. The second-order valence-electron chi connectivity index (χ2n) is 4.54. The van der Waals surface area contributed by atoms with E-state index in [0.29, 0.717) is 0 Å². The van der Waals surface area contributed by atoms with Gasteiger partial charge in [0.1, 0.15) is 13.1 Å². The average Bonchev–Trinajstić information content (AvgIpc) is 2.89. The average molecular weight is 275 g/mol. The van der Waals surface area contributed by atoms with Crippen LogP contribution in [0, 0.1) is 0 Å². The summed E-state index contributed by atoms with van der Waals surface area (Å²) < 4.78 is 0. The van der Waals surface area contributed by atoms with Gasteiger partial charge in [-0.15, -0.1) is 11.3 Å². The number of rotatable bonds is 7. The van der Waals surface area contributed by atoms with Crippen molar-refractivity contribution in [3.63, 3.8) is 0 Å². The number of carboxylic acid groups (broad SMARTS) is 1. The van der Waals surface area contributed by atoms with Gasteiger partial charge in [-0.1, -0.05) is 36.4 Å². The molecule has 2 aromatic rings. The highest BCUT2D eigenvalue weighted by atomic mass is 32.1. The summed E-state index contributed by atoms with van der Waals surface area (Å²) in [7, 11) is 0. The number of aliphatic carboxylic acids is 1. The first-order chi connectivity index (χ1) is 9.24. The number of hydrogen-bond acceptors (Lipinski definition) is 3. The number of carbonyl (C=O) groups is 1. The molecule has 1 N–H and O–H groups in total. The van der Waals surface area contributed by atoms with Crippen molar-refractivity contribution in [1.82, 2.24) is 0 Å². The molecule has 100 valence electrons. The third-order valence-electron chi connectivity index (χ3n) is 3.01. The molecular weight excluding hydrogens is 258 g/mol. The molecule has 3 nitrogen and oxygen atoms in total. The van der Waals surface area contributed by atoms with Crippen molar-refractivity contribution >= 4 is 17.3 Å². The van der Waals surface area contributed by atoms with Crippen LogP contribution >= 0.6 is 11.3 Å². The topological polar surface area (TPSA) is 44.6 Å². The van der Waals surface area contributed by atoms with Gasteiger partial charge in [0.15, 0.2) is 0 Å². The zero-order chi connectivity index (χ0) is 13.5. The van der Waals surface area contributed by atoms with E-state index in [-0.39, 0.29) is 6.54 Å². The first kappa shape index (κ1) is 13.8. The molecule has 0 spiro atoms. The van der Waals surface area contributed by atoms with Crippen LogP contribution in [0.2, 0.25) is 0 Å². The molecule has 2 rings (SSSR count). The van der Waals surface area contributed by atoms with Gasteiger partial charge in [0.25, 0.3) is 0 Å². The minimum atomic E-state index is -0.986. The van der Waals surface area contributed by atoms with Gasteiger partial charge in [0.2, 0.25) is 0 Å². The third kappa shape index (κ3) is 4.85. The molecule has 0 amide bonds. The highest BCUT2D eigenvalue weighted by molar-refractivity contribution is 7.09. The van der Waals surface area contributed by atoms with E-state index in [1.807, 2.05) is 35.7 Å². The summed E-state index contributed by atoms with van der Waals surface area (Å²) in [4.78, 5) is 13.1. The summed E-state index contributed by atoms with van der Waals surface area (Å²) in [6.45, 7) is 1.61. The number of carbonyl (C=O) groups excluding carboxylic acids is 1. The fraction of sp³-hybridized carbons (Fsp3) is 0.267. The van der Waals surface area contributed by atoms with Gasteiger partial charge in [-0.3, -0.25) is 0 Å². The Morgan fingerprint density at radius 1 is 1.16 bits per heavy atom. The van der Waals surface area contributed by atoms with E-state index in [1.54, 1.807) is 11.3 Å². The van der Waals surface area contributed by atoms with Crippen LogP contribution in [-0.4, -0.2) is 19.1 Å². The lowest BCUT2D eigenvalue weighted by atomic mass is 10.1. The van der Waals surface area contributed by atoms with Gasteiger partial charge < -0.3 is 14.8 Å². The number of hydrogen-bond donors (Lipinski definition) is 1. The van der Waals surface area contributed by atoms with E-state index in [1.165, 1.54) is 10.4 Å². The molecule has 0 fully saturated rings. The van der Waals surface area contributed by atoms with Gasteiger partial charge in [-0.25, -0.2) is 0 Å². The predicted molar refractivity (Wildman–Crippen MR) is 73.9 cm³/mol. The van der Waals surface area contributed by atoms with E-state index >= 15 is 0 Å². The van der Waals surface area contributed by atoms with Crippen LogP contribution in [0.1, 0.15) is 10.4 Å².